The van der Waals surface area contributed by atoms with E-state index in [1.165, 1.54) is 0 Å². The van der Waals surface area contributed by atoms with E-state index in [9.17, 15) is 4.79 Å². The zero-order valence-corrected chi connectivity index (χ0v) is 12.6. The summed E-state index contributed by atoms with van der Waals surface area (Å²) in [6.07, 6.45) is 1.83. The fourth-order valence-corrected chi connectivity index (χ4v) is 2.60. The molecule has 0 N–H and O–H groups in total. The lowest BCUT2D eigenvalue weighted by Gasteiger charge is -2.32. The Balaban J connectivity index is 1.64. The maximum Gasteiger partial charge on any atom is 0.253 e. The molecule has 5 heteroatoms. The first-order valence-electron chi connectivity index (χ1n) is 7.54. The predicted molar refractivity (Wildman–Crippen MR) is 82.8 cm³/mol. The van der Waals surface area contributed by atoms with Crippen molar-refractivity contribution >= 4 is 5.91 Å². The molecule has 1 aliphatic rings. The summed E-state index contributed by atoms with van der Waals surface area (Å²) >= 11 is 0. The minimum absolute atomic E-state index is 0.0292. The van der Waals surface area contributed by atoms with Crippen LogP contribution in [0.4, 0.5) is 0 Å². The van der Waals surface area contributed by atoms with Crippen LogP contribution in [-0.2, 0) is 0 Å². The van der Waals surface area contributed by atoms with Crippen molar-refractivity contribution in [1.82, 2.24) is 15.1 Å². The van der Waals surface area contributed by atoms with E-state index in [1.807, 2.05) is 54.3 Å². The van der Waals surface area contributed by atoms with E-state index in [-0.39, 0.29) is 12.0 Å². The maximum atomic E-state index is 12.5. The second-order valence-electron chi connectivity index (χ2n) is 5.51. The van der Waals surface area contributed by atoms with Crippen molar-refractivity contribution in [3.05, 3.63) is 53.7 Å². The highest BCUT2D eigenvalue weighted by Gasteiger charge is 2.25. The molecule has 0 radical (unpaired) electrons. The van der Waals surface area contributed by atoms with Crippen molar-refractivity contribution in [3.8, 4) is 5.88 Å². The molecule has 22 heavy (non-hydrogen) atoms. The second-order valence-corrected chi connectivity index (χ2v) is 5.51. The molecule has 0 saturated carbocycles. The van der Waals surface area contributed by atoms with Gasteiger partial charge in [-0.05, 0) is 38.0 Å². The molecule has 1 aromatic carbocycles. The number of hydrogen-bond acceptors (Lipinski definition) is 4. The molecule has 1 aliphatic heterocycles. The summed E-state index contributed by atoms with van der Waals surface area (Å²) in [6, 6.07) is 13.1. The first-order chi connectivity index (χ1) is 10.7. The van der Waals surface area contributed by atoms with Crippen LogP contribution in [0.3, 0.4) is 0 Å². The van der Waals surface area contributed by atoms with Gasteiger partial charge in [0.15, 0.2) is 0 Å². The number of piperidine rings is 1. The van der Waals surface area contributed by atoms with Crippen molar-refractivity contribution in [3.63, 3.8) is 0 Å². The highest BCUT2D eigenvalue weighted by molar-refractivity contribution is 5.94. The number of ether oxygens (including phenoxy) is 1. The average molecular weight is 297 g/mol. The fraction of sp³-hybridized carbons (Fsp3) is 0.353. The van der Waals surface area contributed by atoms with Gasteiger partial charge in [0.05, 0.1) is 12.2 Å². The summed E-state index contributed by atoms with van der Waals surface area (Å²) < 4.78 is 5.86. The third kappa shape index (κ3) is 3.42. The lowest BCUT2D eigenvalue weighted by atomic mass is 10.1. The Labute approximate surface area is 129 Å². The lowest BCUT2D eigenvalue weighted by molar-refractivity contribution is 0.0525. The van der Waals surface area contributed by atoms with Gasteiger partial charge in [0, 0.05) is 18.2 Å². The normalized spacial score (nSPS) is 18.0. The maximum absolute atomic E-state index is 12.5. The van der Waals surface area contributed by atoms with Gasteiger partial charge in [-0.2, -0.15) is 5.10 Å². The number of likely N-dealkylation sites (tertiary alicyclic amines) is 1. The van der Waals surface area contributed by atoms with Crippen LogP contribution in [0.5, 0.6) is 5.88 Å². The molecule has 1 amide bonds. The molecular weight excluding hydrogens is 278 g/mol. The zero-order valence-electron chi connectivity index (χ0n) is 12.6. The van der Waals surface area contributed by atoms with Gasteiger partial charge >= 0.3 is 0 Å². The highest BCUT2D eigenvalue weighted by Crippen LogP contribution is 2.18. The summed E-state index contributed by atoms with van der Waals surface area (Å²) in [5.41, 5.74) is 1.58. The molecular formula is C17H19N3O2. The van der Waals surface area contributed by atoms with E-state index in [2.05, 4.69) is 10.2 Å². The molecule has 114 valence electrons. The van der Waals surface area contributed by atoms with Crippen molar-refractivity contribution in [1.29, 1.82) is 0 Å². The van der Waals surface area contributed by atoms with Crippen LogP contribution in [0.25, 0.3) is 0 Å². The van der Waals surface area contributed by atoms with Crippen LogP contribution in [0.15, 0.2) is 42.5 Å². The van der Waals surface area contributed by atoms with Crippen molar-refractivity contribution < 1.29 is 9.53 Å². The summed E-state index contributed by atoms with van der Waals surface area (Å²) in [5, 5.41) is 8.02. The van der Waals surface area contributed by atoms with E-state index in [0.717, 1.165) is 30.6 Å². The van der Waals surface area contributed by atoms with Gasteiger partial charge in [0.1, 0.15) is 6.10 Å². The topological polar surface area (TPSA) is 55.3 Å². The monoisotopic (exact) mass is 297 g/mol. The highest BCUT2D eigenvalue weighted by atomic mass is 16.5. The Morgan fingerprint density at radius 3 is 2.73 bits per heavy atom. The van der Waals surface area contributed by atoms with Gasteiger partial charge in [-0.3, -0.25) is 4.79 Å². The van der Waals surface area contributed by atoms with Crippen LogP contribution in [-0.4, -0.2) is 40.2 Å². The SMILES string of the molecule is Cc1ccc(OC2CCCN(C(=O)c3ccccc3)C2)nn1. The average Bonchev–Trinajstić information content (AvgIpc) is 2.57. The largest absolute Gasteiger partial charge is 0.471 e. The van der Waals surface area contributed by atoms with Gasteiger partial charge < -0.3 is 9.64 Å². The van der Waals surface area contributed by atoms with E-state index >= 15 is 0 Å². The Morgan fingerprint density at radius 1 is 1.18 bits per heavy atom. The Kier molecular flexibility index (Phi) is 4.32. The number of hydrogen-bond donors (Lipinski definition) is 0. The van der Waals surface area contributed by atoms with Gasteiger partial charge in [0.2, 0.25) is 5.88 Å². The summed E-state index contributed by atoms with van der Waals surface area (Å²) in [7, 11) is 0. The summed E-state index contributed by atoms with van der Waals surface area (Å²) in [4.78, 5) is 14.3. The molecule has 2 heterocycles. The summed E-state index contributed by atoms with van der Waals surface area (Å²) in [6.45, 7) is 3.24. The number of amides is 1. The molecule has 0 bridgehead atoms. The molecule has 3 rings (SSSR count). The van der Waals surface area contributed by atoms with Crippen LogP contribution in [0, 0.1) is 6.92 Å². The number of benzene rings is 1. The first kappa shape index (κ1) is 14.5. The molecule has 1 saturated heterocycles. The molecule has 2 aromatic rings. The van der Waals surface area contributed by atoms with E-state index in [4.69, 9.17) is 4.74 Å². The third-order valence-corrected chi connectivity index (χ3v) is 3.75. The van der Waals surface area contributed by atoms with E-state index in [1.54, 1.807) is 0 Å². The van der Waals surface area contributed by atoms with Crippen molar-refractivity contribution in [2.45, 2.75) is 25.9 Å². The Bertz CT molecular complexity index is 628. The second kappa shape index (κ2) is 6.56. The van der Waals surface area contributed by atoms with Crippen LogP contribution in [0.1, 0.15) is 28.9 Å². The lowest BCUT2D eigenvalue weighted by Crippen LogP contribution is -2.44. The van der Waals surface area contributed by atoms with Gasteiger partial charge in [-0.15, -0.1) is 5.10 Å². The quantitative estimate of drug-likeness (QED) is 0.873. The smallest absolute Gasteiger partial charge is 0.253 e. The van der Waals surface area contributed by atoms with Crippen LogP contribution < -0.4 is 4.74 Å². The van der Waals surface area contributed by atoms with Crippen LogP contribution in [0.2, 0.25) is 0 Å². The number of aromatic nitrogens is 2. The molecule has 1 fully saturated rings. The van der Waals surface area contributed by atoms with Gasteiger partial charge in [-0.1, -0.05) is 18.2 Å². The van der Waals surface area contributed by atoms with Gasteiger partial charge in [0.25, 0.3) is 5.91 Å². The first-order valence-corrected chi connectivity index (χ1v) is 7.54. The predicted octanol–water partition coefficient (Wildman–Crippen LogP) is 2.47. The third-order valence-electron chi connectivity index (χ3n) is 3.75. The Hall–Kier alpha value is -2.43. The molecule has 0 spiro atoms. The standard InChI is InChI=1S/C17H19N3O2/c1-13-9-10-16(19-18-13)22-15-8-5-11-20(12-15)17(21)14-6-3-2-4-7-14/h2-4,6-7,9-10,15H,5,8,11-12H2,1H3. The van der Waals surface area contributed by atoms with Gasteiger partial charge in [-0.25, -0.2) is 0 Å². The number of carbonyl (C=O) groups is 1. The fourth-order valence-electron chi connectivity index (χ4n) is 2.60. The minimum Gasteiger partial charge on any atom is -0.471 e. The minimum atomic E-state index is -0.0292. The Morgan fingerprint density at radius 2 is 2.00 bits per heavy atom. The molecule has 1 unspecified atom stereocenters. The molecule has 1 atom stereocenters. The van der Waals surface area contributed by atoms with Crippen molar-refractivity contribution in [2.75, 3.05) is 13.1 Å². The molecule has 5 nitrogen and oxygen atoms in total. The van der Waals surface area contributed by atoms with E-state index < -0.39 is 0 Å². The van der Waals surface area contributed by atoms with Crippen molar-refractivity contribution in [2.24, 2.45) is 0 Å². The van der Waals surface area contributed by atoms with Crippen LogP contribution >= 0.6 is 0 Å². The van der Waals surface area contributed by atoms with E-state index in [0.29, 0.717) is 12.4 Å². The molecule has 0 aliphatic carbocycles. The summed E-state index contributed by atoms with van der Waals surface area (Å²) in [5.74, 6) is 0.577. The number of nitrogens with zero attached hydrogens (tertiary/aromatic N) is 3. The number of rotatable bonds is 3. The molecule has 1 aromatic heterocycles. The number of aryl methyl sites for hydroxylation is 1. The number of carbonyl (C=O) groups excluding carboxylic acids is 1. The zero-order chi connectivity index (χ0) is 15.4.